The number of halogens is 1. The van der Waals surface area contributed by atoms with Crippen molar-refractivity contribution in [2.24, 2.45) is 0 Å². The van der Waals surface area contributed by atoms with Crippen LogP contribution in [0.2, 0.25) is 0 Å². The lowest BCUT2D eigenvalue weighted by Gasteiger charge is -2.08. The molecule has 0 saturated carbocycles. The van der Waals surface area contributed by atoms with E-state index in [0.29, 0.717) is 10.9 Å². The van der Waals surface area contributed by atoms with Gasteiger partial charge in [0.25, 0.3) is 0 Å². The topological polar surface area (TPSA) is 0 Å². The zero-order chi connectivity index (χ0) is 22.3. The number of rotatable bonds is 6. The van der Waals surface area contributed by atoms with E-state index in [2.05, 4.69) is 49.6 Å². The first-order chi connectivity index (χ1) is 15.7. The maximum absolute atomic E-state index is 15.3. The first-order valence-electron chi connectivity index (χ1n) is 11.2. The molecule has 0 aliphatic carbocycles. The van der Waals surface area contributed by atoms with Crippen molar-refractivity contribution in [3.05, 3.63) is 120 Å². The summed E-state index contributed by atoms with van der Waals surface area (Å²) in [6.45, 7) is 5.93. The van der Waals surface area contributed by atoms with E-state index < -0.39 is 0 Å². The minimum absolute atomic E-state index is 0.180. The third-order valence-electron chi connectivity index (χ3n) is 5.70. The molecular weight excluding hydrogens is 391 g/mol. The van der Waals surface area contributed by atoms with Crippen molar-refractivity contribution in [2.45, 2.75) is 32.6 Å². The van der Waals surface area contributed by atoms with Crippen LogP contribution in [0.4, 0.5) is 4.39 Å². The molecule has 0 aliphatic heterocycles. The van der Waals surface area contributed by atoms with Crippen molar-refractivity contribution in [3.63, 3.8) is 0 Å². The molecule has 0 radical (unpaired) electrons. The number of fused-ring (bicyclic) bond motifs is 1. The van der Waals surface area contributed by atoms with Crippen LogP contribution in [0, 0.1) is 17.7 Å². The summed E-state index contributed by atoms with van der Waals surface area (Å²) >= 11 is 0. The summed E-state index contributed by atoms with van der Waals surface area (Å²) in [6, 6.07) is 26.0. The van der Waals surface area contributed by atoms with Crippen LogP contribution in [0.3, 0.4) is 0 Å². The monoisotopic (exact) mass is 418 g/mol. The molecule has 0 unspecified atom stereocenters. The highest BCUT2D eigenvalue weighted by atomic mass is 19.1. The summed E-state index contributed by atoms with van der Waals surface area (Å²) in [7, 11) is 0. The third-order valence-corrected chi connectivity index (χ3v) is 5.70. The summed E-state index contributed by atoms with van der Waals surface area (Å²) in [5.41, 5.74) is 5.96. The average molecular weight is 419 g/mol. The third kappa shape index (κ3) is 4.98. The van der Waals surface area contributed by atoms with Crippen LogP contribution in [-0.4, -0.2) is 0 Å². The summed E-state index contributed by atoms with van der Waals surface area (Å²) < 4.78 is 15.3. The molecule has 0 heterocycles. The van der Waals surface area contributed by atoms with Gasteiger partial charge in [-0.2, -0.15) is 0 Å². The molecule has 0 atom stereocenters. The molecule has 158 valence electrons. The molecule has 0 spiro atoms. The fourth-order valence-corrected chi connectivity index (χ4v) is 3.90. The number of allylic oxidation sites excluding steroid dienone is 1. The highest BCUT2D eigenvalue weighted by molar-refractivity contribution is 5.89. The van der Waals surface area contributed by atoms with Gasteiger partial charge in [0.2, 0.25) is 0 Å². The van der Waals surface area contributed by atoms with Gasteiger partial charge in [-0.1, -0.05) is 85.9 Å². The van der Waals surface area contributed by atoms with Crippen molar-refractivity contribution < 1.29 is 4.39 Å². The molecule has 4 rings (SSSR count). The van der Waals surface area contributed by atoms with Crippen molar-refractivity contribution in [1.82, 2.24) is 0 Å². The summed E-state index contributed by atoms with van der Waals surface area (Å²) in [6.07, 6.45) is 6.06. The molecule has 0 fully saturated rings. The maximum atomic E-state index is 15.3. The molecule has 32 heavy (non-hydrogen) atoms. The van der Waals surface area contributed by atoms with Crippen LogP contribution in [0.15, 0.2) is 91.5 Å². The Kier molecular flexibility index (Phi) is 6.83. The van der Waals surface area contributed by atoms with Gasteiger partial charge in [-0.3, -0.25) is 0 Å². The van der Waals surface area contributed by atoms with Crippen LogP contribution in [-0.2, 0) is 12.8 Å². The number of aryl methyl sites for hydroxylation is 2. The molecule has 0 amide bonds. The summed E-state index contributed by atoms with van der Waals surface area (Å²) in [5.74, 6) is 6.24. The molecule has 0 N–H and O–H groups in total. The Labute approximate surface area is 190 Å². The zero-order valence-electron chi connectivity index (χ0n) is 18.5. The Morgan fingerprint density at radius 1 is 0.781 bits per heavy atom. The largest absolute Gasteiger partial charge is 0.206 e. The van der Waals surface area contributed by atoms with Gasteiger partial charge >= 0.3 is 0 Å². The van der Waals surface area contributed by atoms with Crippen molar-refractivity contribution in [2.75, 3.05) is 0 Å². The summed E-state index contributed by atoms with van der Waals surface area (Å²) in [4.78, 5) is 0. The van der Waals surface area contributed by atoms with E-state index in [1.165, 1.54) is 11.1 Å². The quantitative estimate of drug-likeness (QED) is 0.219. The second-order valence-electron chi connectivity index (χ2n) is 8.08. The number of benzene rings is 4. The first-order valence-corrected chi connectivity index (χ1v) is 11.2. The molecular formula is C31H27F. The second kappa shape index (κ2) is 10.1. The molecule has 0 nitrogen and oxygen atoms in total. The van der Waals surface area contributed by atoms with Crippen molar-refractivity contribution in [3.8, 4) is 23.0 Å². The van der Waals surface area contributed by atoms with Crippen LogP contribution in [0.1, 0.15) is 42.0 Å². The molecule has 0 aromatic heterocycles. The van der Waals surface area contributed by atoms with E-state index in [1.807, 2.05) is 60.7 Å². The minimum atomic E-state index is -0.180. The Morgan fingerprint density at radius 3 is 2.16 bits per heavy atom. The van der Waals surface area contributed by atoms with Crippen LogP contribution in [0.25, 0.3) is 21.9 Å². The van der Waals surface area contributed by atoms with Gasteiger partial charge in [0.05, 0.1) is 0 Å². The average Bonchev–Trinajstić information content (AvgIpc) is 2.83. The molecule has 1 heteroatoms. The lowest BCUT2D eigenvalue weighted by Crippen LogP contribution is -1.89. The van der Waals surface area contributed by atoms with Gasteiger partial charge in [-0.05, 0) is 65.6 Å². The van der Waals surface area contributed by atoms with Crippen LogP contribution in [0.5, 0.6) is 0 Å². The van der Waals surface area contributed by atoms with Gasteiger partial charge in [0.1, 0.15) is 5.82 Å². The highest BCUT2D eigenvalue weighted by Gasteiger charge is 2.10. The fraction of sp³-hybridized carbons (Fsp3) is 0.161. The zero-order valence-corrected chi connectivity index (χ0v) is 18.5. The predicted octanol–water partition coefficient (Wildman–Crippen LogP) is 8.12. The van der Waals surface area contributed by atoms with Crippen molar-refractivity contribution in [1.29, 1.82) is 0 Å². The Bertz CT molecular complexity index is 1280. The van der Waals surface area contributed by atoms with E-state index >= 15 is 4.39 Å². The van der Waals surface area contributed by atoms with Crippen LogP contribution < -0.4 is 0 Å². The van der Waals surface area contributed by atoms with E-state index in [4.69, 9.17) is 0 Å². The van der Waals surface area contributed by atoms with E-state index in [1.54, 1.807) is 0 Å². The van der Waals surface area contributed by atoms with Gasteiger partial charge < -0.3 is 0 Å². The Morgan fingerprint density at radius 2 is 1.44 bits per heavy atom. The normalized spacial score (nSPS) is 10.6. The standard InChI is InChI=1S/C31H27F/c1-3-5-7-24-8-10-25(11-9-24)12-13-26-16-20-30-28(22-26)19-21-29(31(30)32)27-17-14-23(6-4-2)15-18-27/h3,8-11,14-22H,1,4-7H2,2H3. The molecule has 0 saturated heterocycles. The van der Waals surface area contributed by atoms with Gasteiger partial charge in [-0.25, -0.2) is 4.39 Å². The Hall–Kier alpha value is -3.63. The van der Waals surface area contributed by atoms with E-state index in [0.717, 1.165) is 47.8 Å². The lowest BCUT2D eigenvalue weighted by atomic mass is 9.97. The molecule has 4 aromatic rings. The predicted molar refractivity (Wildman–Crippen MR) is 134 cm³/mol. The van der Waals surface area contributed by atoms with E-state index in [9.17, 15) is 0 Å². The first kappa shape index (κ1) is 21.6. The molecule has 4 aromatic carbocycles. The molecule has 0 aliphatic rings. The van der Waals surface area contributed by atoms with Gasteiger partial charge in [0, 0.05) is 22.1 Å². The van der Waals surface area contributed by atoms with Gasteiger partial charge in [-0.15, -0.1) is 6.58 Å². The highest BCUT2D eigenvalue weighted by Crippen LogP contribution is 2.30. The SMILES string of the molecule is C=CCCc1ccc(C#Cc2ccc3c(F)c(-c4ccc(CCC)cc4)ccc3c2)cc1. The van der Waals surface area contributed by atoms with Crippen LogP contribution >= 0.6 is 0 Å². The second-order valence-corrected chi connectivity index (χ2v) is 8.08. The maximum Gasteiger partial charge on any atom is 0.138 e. The minimum Gasteiger partial charge on any atom is -0.206 e. The van der Waals surface area contributed by atoms with Gasteiger partial charge in [0.15, 0.2) is 0 Å². The smallest absolute Gasteiger partial charge is 0.138 e. The Balaban J connectivity index is 1.57. The fourth-order valence-electron chi connectivity index (χ4n) is 3.90. The summed E-state index contributed by atoms with van der Waals surface area (Å²) in [5, 5.41) is 1.48. The number of hydrogen-bond acceptors (Lipinski definition) is 0. The number of hydrogen-bond donors (Lipinski definition) is 0. The van der Waals surface area contributed by atoms with E-state index in [-0.39, 0.29) is 5.82 Å². The van der Waals surface area contributed by atoms with Crippen molar-refractivity contribution >= 4 is 10.8 Å². The molecule has 0 bridgehead atoms. The lowest BCUT2D eigenvalue weighted by molar-refractivity contribution is 0.643.